The summed E-state index contributed by atoms with van der Waals surface area (Å²) in [6, 6.07) is 14.0. The number of nitrogens with one attached hydrogen (secondary N) is 1. The van der Waals surface area contributed by atoms with E-state index in [1.807, 2.05) is 62.4 Å². The Morgan fingerprint density at radius 2 is 1.97 bits per heavy atom. The molecule has 3 heterocycles. The molecule has 3 saturated heterocycles. The zero-order valence-corrected chi connectivity index (χ0v) is 24.1. The Kier molecular flexibility index (Phi) is 7.64. The van der Waals surface area contributed by atoms with E-state index < -0.39 is 34.6 Å². The molecular weight excluding hydrogens is 568 g/mol. The monoisotopic (exact) mass is 600 g/mol. The van der Waals surface area contributed by atoms with Crippen molar-refractivity contribution in [2.45, 2.75) is 60.5 Å². The van der Waals surface area contributed by atoms with Crippen LogP contribution in [0.3, 0.4) is 0 Å². The summed E-state index contributed by atoms with van der Waals surface area (Å²) in [5.74, 6) is -2.28. The quantitative estimate of drug-likeness (QED) is 0.353. The van der Waals surface area contributed by atoms with Gasteiger partial charge in [-0.15, -0.1) is 11.8 Å². The molecule has 3 aliphatic rings. The maximum atomic E-state index is 14.3. The molecule has 9 heteroatoms. The maximum absolute atomic E-state index is 14.3. The molecule has 2 aromatic carbocycles. The number of halogens is 1. The molecule has 0 saturated carbocycles. The molecule has 202 valence electrons. The van der Waals surface area contributed by atoms with E-state index in [4.69, 9.17) is 4.74 Å². The highest BCUT2D eigenvalue weighted by Crippen LogP contribution is 2.68. The van der Waals surface area contributed by atoms with E-state index in [9.17, 15) is 19.5 Å². The van der Waals surface area contributed by atoms with Gasteiger partial charge in [0.25, 0.3) is 0 Å². The highest BCUT2D eigenvalue weighted by molar-refractivity contribution is 9.09. The Balaban J connectivity index is 1.58. The number of ether oxygens (including phenoxy) is 1. The average molecular weight is 602 g/mol. The summed E-state index contributed by atoms with van der Waals surface area (Å²) in [7, 11) is 0. The Bertz CT molecular complexity index is 1240. The second-order valence-corrected chi connectivity index (χ2v) is 13.2. The molecular formula is C29H33BrN2O5S. The number of carbonyl (C=O) groups is 3. The van der Waals surface area contributed by atoms with Crippen molar-refractivity contribution in [3.8, 4) is 0 Å². The summed E-state index contributed by atoms with van der Waals surface area (Å²) in [5, 5.41) is 13.5. The van der Waals surface area contributed by atoms with Crippen molar-refractivity contribution in [1.29, 1.82) is 0 Å². The van der Waals surface area contributed by atoms with Crippen LogP contribution in [-0.2, 0) is 25.5 Å². The van der Waals surface area contributed by atoms with E-state index in [0.29, 0.717) is 18.5 Å². The van der Waals surface area contributed by atoms with Crippen molar-refractivity contribution in [3.05, 3.63) is 65.2 Å². The molecule has 5 rings (SSSR count). The van der Waals surface area contributed by atoms with Gasteiger partial charge in [0.05, 0.1) is 35.8 Å². The number of alkyl halides is 1. The predicted molar refractivity (Wildman–Crippen MR) is 151 cm³/mol. The Morgan fingerprint density at radius 1 is 1.24 bits per heavy atom. The van der Waals surface area contributed by atoms with E-state index >= 15 is 0 Å². The number of carbonyl (C=O) groups excluding carboxylic acids is 3. The minimum absolute atomic E-state index is 0.0383. The Hall–Kier alpha value is -2.36. The van der Waals surface area contributed by atoms with Gasteiger partial charge in [0.2, 0.25) is 11.8 Å². The number of anilines is 1. The highest BCUT2D eigenvalue weighted by atomic mass is 79.9. The van der Waals surface area contributed by atoms with E-state index in [-0.39, 0.29) is 35.1 Å². The van der Waals surface area contributed by atoms with Crippen LogP contribution < -0.4 is 5.32 Å². The molecule has 38 heavy (non-hydrogen) atoms. The first-order valence-corrected chi connectivity index (χ1v) is 14.8. The standard InChI is InChI=1S/C29H33BrN2O5S/c1-4-37-28(36)22-23-27(35)32(19(15-33)13-18-8-6-5-7-9-18)25(29(23)14-20(30)24(22)38-29)26(34)31-21-12-16(2)10-11-17(21)3/h5-12,19-20,22-25,33H,4,13-15H2,1-3H3,(H,31,34)/t19-,20?,22-,23+,24-,25?,29?/m1/s1. The lowest BCUT2D eigenvalue weighted by molar-refractivity contribution is -0.154. The topological polar surface area (TPSA) is 95.9 Å². The van der Waals surface area contributed by atoms with Gasteiger partial charge < -0.3 is 20.1 Å². The number of amides is 2. The van der Waals surface area contributed by atoms with Gasteiger partial charge in [0, 0.05) is 15.8 Å². The third-order valence-corrected chi connectivity index (χ3v) is 11.3. The van der Waals surface area contributed by atoms with E-state index in [1.54, 1.807) is 23.6 Å². The fraction of sp³-hybridized carbons (Fsp3) is 0.483. The summed E-state index contributed by atoms with van der Waals surface area (Å²) in [6.45, 7) is 5.57. The number of hydrogen-bond acceptors (Lipinski definition) is 6. The van der Waals surface area contributed by atoms with Crippen LogP contribution in [0.4, 0.5) is 5.69 Å². The average Bonchev–Trinajstić information content (AvgIpc) is 3.49. The smallest absolute Gasteiger partial charge is 0.310 e. The first-order chi connectivity index (χ1) is 18.2. The van der Waals surface area contributed by atoms with Crippen molar-refractivity contribution >= 4 is 51.2 Å². The Morgan fingerprint density at radius 3 is 2.66 bits per heavy atom. The van der Waals surface area contributed by atoms with Gasteiger partial charge in [-0.2, -0.15) is 0 Å². The van der Waals surface area contributed by atoms with Crippen molar-refractivity contribution in [2.24, 2.45) is 11.8 Å². The van der Waals surface area contributed by atoms with Gasteiger partial charge in [0.1, 0.15) is 6.04 Å². The van der Waals surface area contributed by atoms with Crippen molar-refractivity contribution in [2.75, 3.05) is 18.5 Å². The molecule has 2 aromatic rings. The second-order valence-electron chi connectivity index (χ2n) is 10.5. The zero-order valence-electron chi connectivity index (χ0n) is 21.7. The molecule has 2 N–H and O–H groups in total. The second kappa shape index (κ2) is 10.7. The number of aliphatic hydroxyl groups is 1. The molecule has 0 aliphatic carbocycles. The molecule has 7 nitrogen and oxygen atoms in total. The van der Waals surface area contributed by atoms with Gasteiger partial charge in [-0.3, -0.25) is 14.4 Å². The highest BCUT2D eigenvalue weighted by Gasteiger charge is 2.76. The van der Waals surface area contributed by atoms with Crippen LogP contribution in [0.15, 0.2) is 48.5 Å². The number of fused-ring (bicyclic) bond motifs is 1. The van der Waals surface area contributed by atoms with Gasteiger partial charge in [0.15, 0.2) is 0 Å². The fourth-order valence-corrected chi connectivity index (χ4v) is 10.1. The van der Waals surface area contributed by atoms with Crippen LogP contribution in [-0.4, -0.2) is 67.9 Å². The van der Waals surface area contributed by atoms with Crippen LogP contribution in [0.5, 0.6) is 0 Å². The van der Waals surface area contributed by atoms with Crippen LogP contribution in [0.2, 0.25) is 0 Å². The number of aliphatic hydroxyl groups excluding tert-OH is 1. The number of hydrogen-bond donors (Lipinski definition) is 2. The first kappa shape index (κ1) is 27.2. The van der Waals surface area contributed by atoms with Gasteiger partial charge in [-0.05, 0) is 56.4 Å². The third kappa shape index (κ3) is 4.46. The van der Waals surface area contributed by atoms with Crippen LogP contribution >= 0.6 is 27.7 Å². The van der Waals surface area contributed by atoms with Crippen LogP contribution in [0.1, 0.15) is 30.0 Å². The predicted octanol–water partition coefficient (Wildman–Crippen LogP) is 3.87. The largest absolute Gasteiger partial charge is 0.466 e. The molecule has 0 radical (unpaired) electrons. The van der Waals surface area contributed by atoms with Crippen molar-refractivity contribution < 1.29 is 24.2 Å². The minimum Gasteiger partial charge on any atom is -0.466 e. The SMILES string of the molecule is CCOC(=O)[C@H]1[C@@H]2SC3(CC2Br)C(C(=O)Nc2cc(C)ccc2C)N([C@@H](CO)Cc2ccccc2)C(=O)[C@H]13. The van der Waals surface area contributed by atoms with E-state index in [2.05, 4.69) is 21.2 Å². The molecule has 2 bridgehead atoms. The summed E-state index contributed by atoms with van der Waals surface area (Å²) in [5.41, 5.74) is 3.58. The molecule has 3 fully saturated rings. The summed E-state index contributed by atoms with van der Waals surface area (Å²) < 4.78 is 4.62. The molecule has 2 amide bonds. The molecule has 1 spiro atoms. The van der Waals surface area contributed by atoms with Gasteiger partial charge >= 0.3 is 5.97 Å². The third-order valence-electron chi connectivity index (χ3n) is 8.10. The molecule has 3 unspecified atom stereocenters. The minimum atomic E-state index is -0.852. The summed E-state index contributed by atoms with van der Waals surface area (Å²) in [6.07, 6.45) is 0.967. The fourth-order valence-electron chi connectivity index (χ4n) is 6.48. The number of rotatable bonds is 8. The number of aryl methyl sites for hydroxylation is 2. The lowest BCUT2D eigenvalue weighted by Crippen LogP contribution is -2.55. The normalized spacial score (nSPS) is 30.3. The van der Waals surface area contributed by atoms with E-state index in [1.165, 1.54) is 0 Å². The number of thioether (sulfide) groups is 1. The first-order valence-electron chi connectivity index (χ1n) is 13.1. The van der Waals surface area contributed by atoms with Crippen molar-refractivity contribution in [3.63, 3.8) is 0 Å². The maximum Gasteiger partial charge on any atom is 0.310 e. The molecule has 3 aliphatic heterocycles. The Labute approximate surface area is 235 Å². The summed E-state index contributed by atoms with van der Waals surface area (Å²) >= 11 is 5.32. The summed E-state index contributed by atoms with van der Waals surface area (Å²) in [4.78, 5) is 43.2. The molecule has 0 aromatic heterocycles. The van der Waals surface area contributed by atoms with E-state index in [0.717, 1.165) is 16.7 Å². The molecule has 7 atom stereocenters. The van der Waals surface area contributed by atoms with Gasteiger partial charge in [-0.1, -0.05) is 58.4 Å². The number of esters is 1. The lowest BCUT2D eigenvalue weighted by Gasteiger charge is -2.37. The van der Waals surface area contributed by atoms with Crippen LogP contribution in [0.25, 0.3) is 0 Å². The van der Waals surface area contributed by atoms with Crippen LogP contribution in [0, 0.1) is 25.7 Å². The van der Waals surface area contributed by atoms with Gasteiger partial charge in [-0.25, -0.2) is 0 Å². The number of nitrogens with zero attached hydrogens (tertiary/aromatic N) is 1. The number of benzene rings is 2. The lowest BCUT2D eigenvalue weighted by atomic mass is 9.71. The number of likely N-dealkylation sites (tertiary alicyclic amines) is 1. The van der Waals surface area contributed by atoms with Crippen molar-refractivity contribution in [1.82, 2.24) is 4.90 Å². The zero-order chi connectivity index (χ0) is 27.2.